The van der Waals surface area contributed by atoms with Gasteiger partial charge in [0, 0.05) is 19.4 Å². The number of hydrogen-bond donors (Lipinski definition) is 3. The molecule has 0 fully saturated rings. The Kier molecular flexibility index (Phi) is 7.77. The van der Waals surface area contributed by atoms with Crippen LogP contribution < -0.4 is 10.6 Å². The van der Waals surface area contributed by atoms with E-state index in [0.717, 1.165) is 0 Å². The lowest BCUT2D eigenvalue weighted by Crippen LogP contribution is -2.46. The summed E-state index contributed by atoms with van der Waals surface area (Å²) < 4.78 is 4.38. The van der Waals surface area contributed by atoms with Crippen molar-refractivity contribution in [2.45, 2.75) is 25.3 Å². The van der Waals surface area contributed by atoms with Gasteiger partial charge in [-0.2, -0.15) is 0 Å². The lowest BCUT2D eigenvalue weighted by atomic mass is 10.1. The van der Waals surface area contributed by atoms with Crippen molar-refractivity contribution in [1.29, 1.82) is 0 Å². The lowest BCUT2D eigenvalue weighted by molar-refractivity contribution is -0.142. The van der Waals surface area contributed by atoms with Gasteiger partial charge in [0.1, 0.15) is 6.04 Å². The molecule has 0 unspecified atom stereocenters. The van der Waals surface area contributed by atoms with Crippen LogP contribution in [0.4, 0.5) is 4.79 Å². The smallest absolute Gasteiger partial charge is 0.326 e. The number of nitrogens with one attached hydrogen (secondary N) is 2. The van der Waals surface area contributed by atoms with Gasteiger partial charge in [-0.1, -0.05) is 0 Å². The number of esters is 1. The molecule has 0 aromatic rings. The summed E-state index contributed by atoms with van der Waals surface area (Å²) in [4.78, 5) is 33.0. The number of carbonyl (C=O) groups is 3. The third-order valence-corrected chi connectivity index (χ3v) is 2.02. The van der Waals surface area contributed by atoms with E-state index >= 15 is 0 Å². The molecule has 0 aliphatic rings. The molecule has 3 N–H and O–H groups in total. The standard InChI is InChI=1S/C11H16N2O5/c1-3-4-7-12-11(17)13-8(10(15)16)5-6-9(14)18-2/h1,8H,4-7H2,2H3,(H,15,16)(H2,12,13,17)/t8-/m1/s1. The van der Waals surface area contributed by atoms with E-state index < -0.39 is 24.0 Å². The van der Waals surface area contributed by atoms with Gasteiger partial charge in [0.25, 0.3) is 0 Å². The second-order valence-electron chi connectivity index (χ2n) is 3.36. The molecule has 0 aliphatic carbocycles. The molecular formula is C11H16N2O5. The predicted octanol–water partition coefficient (Wildman–Crippen LogP) is -0.285. The van der Waals surface area contributed by atoms with Crippen LogP contribution in [0, 0.1) is 12.3 Å². The fourth-order valence-corrected chi connectivity index (χ4v) is 1.08. The number of rotatable bonds is 7. The number of carbonyl (C=O) groups excluding carboxylic acids is 2. The van der Waals surface area contributed by atoms with Crippen LogP contribution in [0.15, 0.2) is 0 Å². The number of urea groups is 1. The Morgan fingerprint density at radius 2 is 2.11 bits per heavy atom. The van der Waals surface area contributed by atoms with Crippen LogP contribution in [-0.2, 0) is 14.3 Å². The molecule has 0 rings (SSSR count). The van der Waals surface area contributed by atoms with Crippen molar-refractivity contribution in [2.24, 2.45) is 0 Å². The topological polar surface area (TPSA) is 105 Å². The van der Waals surface area contributed by atoms with Crippen molar-refractivity contribution in [3.8, 4) is 12.3 Å². The zero-order valence-electron chi connectivity index (χ0n) is 10.1. The minimum Gasteiger partial charge on any atom is -0.480 e. The first-order valence-corrected chi connectivity index (χ1v) is 5.28. The van der Waals surface area contributed by atoms with Gasteiger partial charge in [0.2, 0.25) is 0 Å². The van der Waals surface area contributed by atoms with E-state index in [0.29, 0.717) is 6.42 Å². The molecule has 18 heavy (non-hydrogen) atoms. The van der Waals surface area contributed by atoms with Crippen LogP contribution in [0.3, 0.4) is 0 Å². The summed E-state index contributed by atoms with van der Waals surface area (Å²) in [7, 11) is 1.21. The zero-order valence-corrected chi connectivity index (χ0v) is 10.1. The van der Waals surface area contributed by atoms with Gasteiger partial charge in [-0.3, -0.25) is 4.79 Å². The molecule has 2 amide bonds. The molecule has 100 valence electrons. The Bertz CT molecular complexity index is 348. The van der Waals surface area contributed by atoms with Gasteiger partial charge in [0.15, 0.2) is 0 Å². The number of amides is 2. The van der Waals surface area contributed by atoms with E-state index in [-0.39, 0.29) is 19.4 Å². The van der Waals surface area contributed by atoms with Crippen LogP contribution in [0.5, 0.6) is 0 Å². The van der Waals surface area contributed by atoms with Crippen LogP contribution in [0.25, 0.3) is 0 Å². The van der Waals surface area contributed by atoms with Crippen molar-refractivity contribution in [3.63, 3.8) is 0 Å². The fraction of sp³-hybridized carbons (Fsp3) is 0.545. The van der Waals surface area contributed by atoms with Gasteiger partial charge < -0.3 is 20.5 Å². The highest BCUT2D eigenvalue weighted by Crippen LogP contribution is 1.99. The van der Waals surface area contributed by atoms with Crippen molar-refractivity contribution in [3.05, 3.63) is 0 Å². The molecule has 0 bridgehead atoms. The molecule has 7 nitrogen and oxygen atoms in total. The molecule has 0 spiro atoms. The Hall–Kier alpha value is -2.23. The number of ether oxygens (including phenoxy) is 1. The monoisotopic (exact) mass is 256 g/mol. The predicted molar refractivity (Wildman–Crippen MR) is 62.7 cm³/mol. The first-order chi connectivity index (χ1) is 8.51. The second kappa shape index (κ2) is 8.87. The Balaban J connectivity index is 4.11. The van der Waals surface area contributed by atoms with E-state index in [2.05, 4.69) is 21.3 Å². The highest BCUT2D eigenvalue weighted by molar-refractivity contribution is 5.83. The maximum atomic E-state index is 11.3. The molecule has 1 atom stereocenters. The summed E-state index contributed by atoms with van der Waals surface area (Å²) in [6.07, 6.45) is 5.23. The summed E-state index contributed by atoms with van der Waals surface area (Å²) in [5, 5.41) is 13.5. The molecular weight excluding hydrogens is 240 g/mol. The highest BCUT2D eigenvalue weighted by Gasteiger charge is 2.20. The quantitative estimate of drug-likeness (QED) is 0.330. The third-order valence-electron chi connectivity index (χ3n) is 2.02. The van der Waals surface area contributed by atoms with E-state index in [1.165, 1.54) is 7.11 Å². The summed E-state index contributed by atoms with van der Waals surface area (Å²) >= 11 is 0. The Labute approximate surface area is 105 Å². The number of methoxy groups -OCH3 is 1. The van der Waals surface area contributed by atoms with Gasteiger partial charge in [-0.25, -0.2) is 9.59 Å². The normalized spacial score (nSPS) is 10.9. The molecule has 0 aromatic heterocycles. The maximum Gasteiger partial charge on any atom is 0.326 e. The average molecular weight is 256 g/mol. The largest absolute Gasteiger partial charge is 0.480 e. The van der Waals surface area contributed by atoms with E-state index in [4.69, 9.17) is 11.5 Å². The van der Waals surface area contributed by atoms with Crippen LogP contribution >= 0.6 is 0 Å². The average Bonchev–Trinajstić information content (AvgIpc) is 2.33. The maximum absolute atomic E-state index is 11.3. The molecule has 7 heteroatoms. The first kappa shape index (κ1) is 15.8. The molecule has 0 saturated heterocycles. The summed E-state index contributed by atoms with van der Waals surface area (Å²) in [6.45, 7) is 0.256. The van der Waals surface area contributed by atoms with Gasteiger partial charge in [-0.05, 0) is 6.42 Å². The van der Waals surface area contributed by atoms with Gasteiger partial charge >= 0.3 is 18.0 Å². The number of carboxylic acid groups (broad SMARTS) is 1. The lowest BCUT2D eigenvalue weighted by Gasteiger charge is -2.14. The summed E-state index contributed by atoms with van der Waals surface area (Å²) in [5.74, 6) is 0.578. The summed E-state index contributed by atoms with van der Waals surface area (Å²) in [6, 6.07) is -1.78. The van der Waals surface area contributed by atoms with Crippen molar-refractivity contribution in [1.82, 2.24) is 10.6 Å². The minimum absolute atomic E-state index is 0.0371. The molecule has 0 heterocycles. The molecule has 0 saturated carbocycles. The number of aliphatic carboxylic acids is 1. The number of terminal acetylenes is 1. The summed E-state index contributed by atoms with van der Waals surface area (Å²) in [5.41, 5.74) is 0. The first-order valence-electron chi connectivity index (χ1n) is 5.28. The number of carboxylic acids is 1. The Morgan fingerprint density at radius 3 is 2.61 bits per heavy atom. The minimum atomic E-state index is -1.22. The van der Waals surface area contributed by atoms with Crippen LogP contribution in [0.2, 0.25) is 0 Å². The van der Waals surface area contributed by atoms with E-state index in [9.17, 15) is 14.4 Å². The fourth-order valence-electron chi connectivity index (χ4n) is 1.08. The van der Waals surface area contributed by atoms with Crippen LogP contribution in [-0.4, -0.2) is 42.8 Å². The second-order valence-corrected chi connectivity index (χ2v) is 3.36. The van der Waals surface area contributed by atoms with E-state index in [1.54, 1.807) is 0 Å². The van der Waals surface area contributed by atoms with Crippen molar-refractivity contribution < 1.29 is 24.2 Å². The van der Waals surface area contributed by atoms with E-state index in [1.807, 2.05) is 0 Å². The van der Waals surface area contributed by atoms with Gasteiger partial charge in [0.05, 0.1) is 7.11 Å². The van der Waals surface area contributed by atoms with Crippen LogP contribution in [0.1, 0.15) is 19.3 Å². The highest BCUT2D eigenvalue weighted by atomic mass is 16.5. The third kappa shape index (κ3) is 7.11. The van der Waals surface area contributed by atoms with Crippen molar-refractivity contribution >= 4 is 18.0 Å². The van der Waals surface area contributed by atoms with Gasteiger partial charge in [-0.15, -0.1) is 12.3 Å². The number of hydrogen-bond acceptors (Lipinski definition) is 4. The Morgan fingerprint density at radius 1 is 1.44 bits per heavy atom. The zero-order chi connectivity index (χ0) is 14.0. The molecule has 0 radical (unpaired) electrons. The molecule has 0 aromatic carbocycles. The van der Waals surface area contributed by atoms with Crippen molar-refractivity contribution in [2.75, 3.05) is 13.7 Å². The SMILES string of the molecule is C#CCCNC(=O)N[C@H](CCC(=O)OC)C(=O)O. The molecule has 0 aliphatic heterocycles.